The van der Waals surface area contributed by atoms with Crippen LogP contribution in [-0.2, 0) is 9.59 Å². The summed E-state index contributed by atoms with van der Waals surface area (Å²) >= 11 is 0. The van der Waals surface area contributed by atoms with E-state index < -0.39 is 30.0 Å². The largest absolute Gasteiger partial charge is 0.573 e. The highest BCUT2D eigenvalue weighted by atomic mass is 19.4. The number of rotatable bonds is 5. The van der Waals surface area contributed by atoms with Gasteiger partial charge >= 0.3 is 6.36 Å². The first kappa shape index (κ1) is 18.6. The lowest BCUT2D eigenvalue weighted by molar-refractivity contribution is -0.274. The lowest BCUT2D eigenvalue weighted by Crippen LogP contribution is -2.40. The fraction of sp³-hybridized carbons (Fsp3) is 0.222. The molecule has 2 amide bonds. The molecule has 1 atom stereocenters. The number of furan rings is 1. The predicted molar refractivity (Wildman–Crippen MR) is 89.8 cm³/mol. The molecule has 142 valence electrons. The van der Waals surface area contributed by atoms with E-state index in [-0.39, 0.29) is 12.2 Å². The van der Waals surface area contributed by atoms with E-state index in [1.54, 1.807) is 12.1 Å². The first-order valence-corrected chi connectivity index (χ1v) is 8.01. The minimum Gasteiger partial charge on any atom is -0.465 e. The van der Waals surface area contributed by atoms with Crippen LogP contribution in [0.1, 0.15) is 12.2 Å². The van der Waals surface area contributed by atoms with Crippen molar-refractivity contribution < 1.29 is 31.9 Å². The zero-order valence-electron chi connectivity index (χ0n) is 13.9. The minimum atomic E-state index is -4.82. The van der Waals surface area contributed by atoms with Crippen molar-refractivity contribution >= 4 is 23.6 Å². The van der Waals surface area contributed by atoms with Crippen molar-refractivity contribution in [3.8, 4) is 5.75 Å². The van der Waals surface area contributed by atoms with Crippen LogP contribution in [0.5, 0.6) is 5.75 Å². The van der Waals surface area contributed by atoms with Crippen molar-refractivity contribution in [1.29, 1.82) is 0 Å². The fourth-order valence-corrected chi connectivity index (χ4v) is 2.68. The van der Waals surface area contributed by atoms with Crippen LogP contribution in [0.25, 0.3) is 6.08 Å². The van der Waals surface area contributed by atoms with E-state index in [1.165, 1.54) is 35.4 Å². The van der Waals surface area contributed by atoms with E-state index in [2.05, 4.69) is 10.1 Å². The summed E-state index contributed by atoms with van der Waals surface area (Å²) in [6.45, 7) is 0.265. The molecule has 0 radical (unpaired) electrons. The third kappa shape index (κ3) is 4.90. The first-order chi connectivity index (χ1) is 12.8. The van der Waals surface area contributed by atoms with Crippen LogP contribution in [0.2, 0.25) is 0 Å². The van der Waals surface area contributed by atoms with Gasteiger partial charge in [0.05, 0.1) is 6.26 Å². The van der Waals surface area contributed by atoms with Crippen molar-refractivity contribution in [3.63, 3.8) is 0 Å². The van der Waals surface area contributed by atoms with Crippen molar-refractivity contribution in [2.24, 2.45) is 0 Å². The molecule has 6 nitrogen and oxygen atoms in total. The molecule has 2 heterocycles. The van der Waals surface area contributed by atoms with E-state index >= 15 is 0 Å². The lowest BCUT2D eigenvalue weighted by atomic mass is 10.2. The summed E-state index contributed by atoms with van der Waals surface area (Å²) in [6.07, 6.45) is -0.308. The zero-order chi connectivity index (χ0) is 19.4. The maximum Gasteiger partial charge on any atom is 0.573 e. The zero-order valence-corrected chi connectivity index (χ0v) is 13.9. The summed E-state index contributed by atoms with van der Waals surface area (Å²) in [4.78, 5) is 25.7. The number of ether oxygens (including phenoxy) is 1. The Morgan fingerprint density at radius 2 is 2.11 bits per heavy atom. The van der Waals surface area contributed by atoms with Crippen LogP contribution in [0, 0.1) is 0 Å². The summed E-state index contributed by atoms with van der Waals surface area (Å²) in [5, 5.41) is 2.57. The van der Waals surface area contributed by atoms with Crippen LogP contribution < -0.4 is 15.0 Å². The Balaban J connectivity index is 1.63. The van der Waals surface area contributed by atoms with Crippen molar-refractivity contribution in [2.75, 3.05) is 11.4 Å². The van der Waals surface area contributed by atoms with Gasteiger partial charge in [-0.05, 0) is 36.8 Å². The number of halogens is 3. The standard InChI is InChI=1S/C18H15F3N2O4/c19-18(20,21)27-14-4-1-3-12(11-14)23-9-8-15(17(23)25)22-16(24)7-6-13-5-2-10-26-13/h1-7,10-11,15H,8-9H2,(H,22,24). The molecule has 1 aromatic carbocycles. The number of nitrogens with one attached hydrogen (secondary N) is 1. The Morgan fingerprint density at radius 3 is 2.81 bits per heavy atom. The molecular weight excluding hydrogens is 365 g/mol. The van der Waals surface area contributed by atoms with E-state index in [9.17, 15) is 22.8 Å². The molecule has 2 aromatic rings. The Hall–Kier alpha value is -3.23. The van der Waals surface area contributed by atoms with Gasteiger partial charge in [0.2, 0.25) is 11.8 Å². The summed E-state index contributed by atoms with van der Waals surface area (Å²) in [5.41, 5.74) is 0.268. The molecule has 0 spiro atoms. The van der Waals surface area contributed by atoms with E-state index in [4.69, 9.17) is 4.42 Å². The van der Waals surface area contributed by atoms with Crippen LogP contribution in [0.15, 0.2) is 53.2 Å². The Labute approximate surface area is 152 Å². The predicted octanol–water partition coefficient (Wildman–Crippen LogP) is 3.11. The second kappa shape index (κ2) is 7.56. The number of nitrogens with zero attached hydrogens (tertiary/aromatic N) is 1. The molecule has 1 saturated heterocycles. The van der Waals surface area contributed by atoms with Gasteiger partial charge in [-0.2, -0.15) is 0 Å². The molecule has 1 unspecified atom stereocenters. The lowest BCUT2D eigenvalue weighted by Gasteiger charge is -2.18. The number of amides is 2. The van der Waals surface area contributed by atoms with Crippen LogP contribution in [0.4, 0.5) is 18.9 Å². The molecule has 1 aliphatic rings. The first-order valence-electron chi connectivity index (χ1n) is 8.01. The summed E-state index contributed by atoms with van der Waals surface area (Å²) in [7, 11) is 0. The number of hydrogen-bond acceptors (Lipinski definition) is 4. The fourth-order valence-electron chi connectivity index (χ4n) is 2.68. The summed E-state index contributed by atoms with van der Waals surface area (Å²) < 4.78 is 46.0. The third-order valence-corrected chi connectivity index (χ3v) is 3.83. The van der Waals surface area contributed by atoms with Crippen molar-refractivity contribution in [2.45, 2.75) is 18.8 Å². The Morgan fingerprint density at radius 1 is 1.30 bits per heavy atom. The molecule has 3 rings (SSSR count). The Kier molecular flexibility index (Phi) is 5.20. The maximum absolute atomic E-state index is 12.5. The highest BCUT2D eigenvalue weighted by molar-refractivity contribution is 6.03. The molecule has 27 heavy (non-hydrogen) atoms. The third-order valence-electron chi connectivity index (χ3n) is 3.83. The molecule has 0 aliphatic carbocycles. The van der Waals surface area contributed by atoms with E-state index in [1.807, 2.05) is 0 Å². The highest BCUT2D eigenvalue weighted by Crippen LogP contribution is 2.29. The molecule has 9 heteroatoms. The average molecular weight is 380 g/mol. The number of anilines is 1. The number of carbonyl (C=O) groups excluding carboxylic acids is 2. The van der Waals surface area contributed by atoms with Gasteiger partial charge in [0.25, 0.3) is 0 Å². The van der Waals surface area contributed by atoms with Gasteiger partial charge in [-0.25, -0.2) is 0 Å². The molecule has 1 fully saturated rings. The van der Waals surface area contributed by atoms with Gasteiger partial charge < -0.3 is 19.4 Å². The number of hydrogen-bond donors (Lipinski definition) is 1. The average Bonchev–Trinajstić information content (AvgIpc) is 3.22. The van der Waals surface area contributed by atoms with E-state index in [0.29, 0.717) is 12.2 Å². The van der Waals surface area contributed by atoms with Gasteiger partial charge in [0, 0.05) is 24.4 Å². The van der Waals surface area contributed by atoms with Gasteiger partial charge in [-0.15, -0.1) is 13.2 Å². The number of carbonyl (C=O) groups is 2. The van der Waals surface area contributed by atoms with Crippen LogP contribution >= 0.6 is 0 Å². The van der Waals surface area contributed by atoms with Gasteiger partial charge in [-0.3, -0.25) is 9.59 Å². The molecule has 0 saturated carbocycles. The normalized spacial score (nSPS) is 17.5. The second-order valence-electron chi connectivity index (χ2n) is 5.73. The van der Waals surface area contributed by atoms with Gasteiger partial charge in [0.1, 0.15) is 17.6 Å². The van der Waals surface area contributed by atoms with Gasteiger partial charge in [-0.1, -0.05) is 6.07 Å². The van der Waals surface area contributed by atoms with Crippen molar-refractivity contribution in [3.05, 3.63) is 54.5 Å². The van der Waals surface area contributed by atoms with Gasteiger partial charge in [0.15, 0.2) is 0 Å². The molecule has 1 aliphatic heterocycles. The smallest absolute Gasteiger partial charge is 0.465 e. The molecule has 0 bridgehead atoms. The molecular formula is C18H15F3N2O4. The minimum absolute atomic E-state index is 0.265. The number of alkyl halides is 3. The number of benzene rings is 1. The molecule has 1 N–H and O–H groups in total. The topological polar surface area (TPSA) is 71.8 Å². The summed E-state index contributed by atoms with van der Waals surface area (Å²) in [6, 6.07) is 7.73. The summed E-state index contributed by atoms with van der Waals surface area (Å²) in [5.74, 6) is -0.799. The molecule has 1 aromatic heterocycles. The monoisotopic (exact) mass is 380 g/mol. The Bertz CT molecular complexity index is 847. The SMILES string of the molecule is O=C(C=Cc1ccco1)NC1CCN(c2cccc(OC(F)(F)F)c2)C1=O. The van der Waals surface area contributed by atoms with Crippen LogP contribution in [0.3, 0.4) is 0 Å². The van der Waals surface area contributed by atoms with Crippen molar-refractivity contribution in [1.82, 2.24) is 5.32 Å². The van der Waals surface area contributed by atoms with Crippen LogP contribution in [-0.4, -0.2) is 30.8 Å². The van der Waals surface area contributed by atoms with E-state index in [0.717, 1.165) is 12.1 Å². The quantitative estimate of drug-likeness (QED) is 0.809. The highest BCUT2D eigenvalue weighted by Gasteiger charge is 2.34. The second-order valence-corrected chi connectivity index (χ2v) is 5.73. The maximum atomic E-state index is 12.5.